The molecule has 1 heterocycles. The maximum Gasteiger partial charge on any atom is 0.276 e. The van der Waals surface area contributed by atoms with Crippen LogP contribution in [-0.2, 0) is 16.6 Å². The summed E-state index contributed by atoms with van der Waals surface area (Å²) in [4.78, 5) is 2.32. The Morgan fingerprint density at radius 3 is 2.38 bits per heavy atom. The Hall–Kier alpha value is -2.64. The summed E-state index contributed by atoms with van der Waals surface area (Å²) in [6.07, 6.45) is 1.37. The van der Waals surface area contributed by atoms with Crippen molar-refractivity contribution in [2.24, 2.45) is 5.10 Å². The molecule has 3 aromatic rings. The van der Waals surface area contributed by atoms with Gasteiger partial charge in [0.15, 0.2) is 0 Å². The Bertz CT molecular complexity index is 1020. The van der Waals surface area contributed by atoms with Crippen LogP contribution in [0.15, 0.2) is 70.7 Å². The summed E-state index contributed by atoms with van der Waals surface area (Å²) < 4.78 is 26.0. The Morgan fingerprint density at radius 2 is 1.73 bits per heavy atom. The minimum atomic E-state index is -3.72. The van der Waals surface area contributed by atoms with Crippen molar-refractivity contribution >= 4 is 27.8 Å². The molecule has 0 spiro atoms. The molecule has 8 heteroatoms. The number of hydrazone groups is 1. The van der Waals surface area contributed by atoms with Gasteiger partial charge in [-0.3, -0.25) is 0 Å². The van der Waals surface area contributed by atoms with Crippen LogP contribution in [0.25, 0.3) is 0 Å². The minimum Gasteiger partial charge on any atom is -0.249 e. The van der Waals surface area contributed by atoms with Gasteiger partial charge in [0.25, 0.3) is 10.0 Å². The minimum absolute atomic E-state index is 0.139. The predicted molar refractivity (Wildman–Crippen MR) is 102 cm³/mol. The van der Waals surface area contributed by atoms with Crippen molar-refractivity contribution in [3.63, 3.8) is 0 Å². The average molecular weight is 389 g/mol. The number of nitrogens with zero attached hydrogens (tertiary/aromatic N) is 3. The van der Waals surface area contributed by atoms with Crippen LogP contribution >= 0.6 is 11.6 Å². The number of nitrogens with one attached hydrogen (secondary N) is 1. The van der Waals surface area contributed by atoms with E-state index in [1.54, 1.807) is 29.8 Å². The van der Waals surface area contributed by atoms with Gasteiger partial charge in [-0.05, 0) is 24.6 Å². The molecule has 0 aliphatic heterocycles. The van der Waals surface area contributed by atoms with Crippen molar-refractivity contribution in [1.82, 2.24) is 14.6 Å². The summed E-state index contributed by atoms with van der Waals surface area (Å²) >= 11 is 6.38. The van der Waals surface area contributed by atoms with Crippen LogP contribution in [0.5, 0.6) is 0 Å². The third-order valence-corrected chi connectivity index (χ3v) is 5.34. The number of benzene rings is 2. The first kappa shape index (κ1) is 18.2. The van der Waals surface area contributed by atoms with Crippen LogP contribution in [0.2, 0.25) is 5.15 Å². The molecule has 2 aromatic carbocycles. The molecule has 0 unspecified atom stereocenters. The third-order valence-electron chi connectivity index (χ3n) is 3.70. The van der Waals surface area contributed by atoms with Crippen LogP contribution in [0, 0.1) is 6.92 Å². The normalized spacial score (nSPS) is 11.8. The van der Waals surface area contributed by atoms with Crippen LogP contribution in [0.1, 0.15) is 16.8 Å². The van der Waals surface area contributed by atoms with Gasteiger partial charge in [0, 0.05) is 0 Å². The lowest BCUT2D eigenvalue weighted by molar-refractivity contribution is 0.584. The van der Waals surface area contributed by atoms with Crippen molar-refractivity contribution in [1.29, 1.82) is 0 Å². The van der Waals surface area contributed by atoms with E-state index in [0.29, 0.717) is 23.0 Å². The summed E-state index contributed by atoms with van der Waals surface area (Å²) in [5.41, 5.74) is 2.29. The van der Waals surface area contributed by atoms with Crippen LogP contribution in [-0.4, -0.2) is 24.4 Å². The van der Waals surface area contributed by atoms with Gasteiger partial charge < -0.3 is 0 Å². The van der Waals surface area contributed by atoms with E-state index in [0.717, 1.165) is 5.56 Å². The molecule has 0 atom stereocenters. The SMILES string of the molecule is Cc1nn(Cc2ccccc2)c(Cl)c1/C=N/NS(=O)(=O)c1ccccc1. The molecule has 0 aliphatic rings. The molecule has 3 rings (SSSR count). The second-order valence-corrected chi connectivity index (χ2v) is 7.62. The Labute approximate surface area is 157 Å². The molecular weight excluding hydrogens is 372 g/mol. The molecular formula is C18H17ClN4O2S. The Kier molecular flexibility index (Phi) is 5.39. The summed E-state index contributed by atoms with van der Waals surface area (Å²) in [7, 11) is -3.72. The van der Waals surface area contributed by atoms with Gasteiger partial charge in [0.1, 0.15) is 5.15 Å². The largest absolute Gasteiger partial charge is 0.276 e. The smallest absolute Gasteiger partial charge is 0.249 e. The molecule has 1 N–H and O–H groups in total. The molecule has 1 aromatic heterocycles. The van der Waals surface area contributed by atoms with E-state index in [4.69, 9.17) is 11.6 Å². The molecule has 6 nitrogen and oxygen atoms in total. The van der Waals surface area contributed by atoms with Gasteiger partial charge in [-0.25, -0.2) is 9.51 Å². The molecule has 0 saturated carbocycles. The molecule has 0 radical (unpaired) electrons. The number of sulfonamides is 1. The van der Waals surface area contributed by atoms with Crippen LogP contribution in [0.4, 0.5) is 0 Å². The lowest BCUT2D eigenvalue weighted by Gasteiger charge is -2.03. The third kappa shape index (κ3) is 4.12. The average Bonchev–Trinajstić information content (AvgIpc) is 2.90. The molecule has 0 amide bonds. The van der Waals surface area contributed by atoms with E-state index < -0.39 is 10.0 Å². The quantitative estimate of drug-likeness (QED) is 0.520. The van der Waals surface area contributed by atoms with E-state index in [-0.39, 0.29) is 4.90 Å². The number of hydrogen-bond acceptors (Lipinski definition) is 4. The summed E-state index contributed by atoms with van der Waals surface area (Å²) in [5, 5.41) is 8.62. The first-order valence-electron chi connectivity index (χ1n) is 7.84. The van der Waals surface area contributed by atoms with Crippen molar-refractivity contribution in [3.05, 3.63) is 82.6 Å². The summed E-state index contributed by atoms with van der Waals surface area (Å²) in [6, 6.07) is 17.8. The van der Waals surface area contributed by atoms with Crippen molar-refractivity contribution in [2.45, 2.75) is 18.4 Å². The lowest BCUT2D eigenvalue weighted by Crippen LogP contribution is -2.18. The fourth-order valence-electron chi connectivity index (χ4n) is 2.39. The van der Waals surface area contributed by atoms with Gasteiger partial charge in [-0.1, -0.05) is 60.1 Å². The fourth-order valence-corrected chi connectivity index (χ4v) is 3.48. The maximum atomic E-state index is 12.2. The standard InChI is InChI=1S/C18H17ClN4O2S/c1-14-17(12-20-22-26(24,25)16-10-6-3-7-11-16)18(19)23(21-14)13-15-8-4-2-5-9-15/h2-12,22H,13H2,1H3/b20-12+. The highest BCUT2D eigenvalue weighted by atomic mass is 35.5. The fraction of sp³-hybridized carbons (Fsp3) is 0.111. The lowest BCUT2D eigenvalue weighted by atomic mass is 10.2. The van der Waals surface area contributed by atoms with E-state index in [1.165, 1.54) is 18.3 Å². The molecule has 26 heavy (non-hydrogen) atoms. The first-order valence-corrected chi connectivity index (χ1v) is 9.70. The highest BCUT2D eigenvalue weighted by Crippen LogP contribution is 2.19. The summed E-state index contributed by atoms with van der Waals surface area (Å²) in [5.74, 6) is 0. The Morgan fingerprint density at radius 1 is 1.12 bits per heavy atom. The maximum absolute atomic E-state index is 12.2. The molecule has 134 valence electrons. The van der Waals surface area contributed by atoms with Crippen molar-refractivity contribution in [3.8, 4) is 0 Å². The molecule has 0 saturated heterocycles. The number of halogens is 1. The second kappa shape index (κ2) is 7.72. The van der Waals surface area contributed by atoms with Crippen LogP contribution in [0.3, 0.4) is 0 Å². The highest BCUT2D eigenvalue weighted by Gasteiger charge is 2.14. The number of hydrogen-bond donors (Lipinski definition) is 1. The van der Waals surface area contributed by atoms with E-state index in [1.807, 2.05) is 30.3 Å². The molecule has 0 aliphatic carbocycles. The van der Waals surface area contributed by atoms with Gasteiger partial charge in [0.2, 0.25) is 0 Å². The first-order chi connectivity index (χ1) is 12.5. The zero-order valence-corrected chi connectivity index (χ0v) is 15.6. The summed E-state index contributed by atoms with van der Waals surface area (Å²) in [6.45, 7) is 2.31. The number of rotatable bonds is 6. The van der Waals surface area contributed by atoms with E-state index in [9.17, 15) is 8.42 Å². The zero-order chi connectivity index (χ0) is 18.6. The number of aryl methyl sites for hydroxylation is 1. The van der Waals surface area contributed by atoms with Gasteiger partial charge in [-0.2, -0.15) is 18.6 Å². The van der Waals surface area contributed by atoms with Crippen molar-refractivity contribution in [2.75, 3.05) is 0 Å². The van der Waals surface area contributed by atoms with Gasteiger partial charge in [-0.15, -0.1) is 0 Å². The number of aromatic nitrogens is 2. The molecule has 0 bridgehead atoms. The highest BCUT2D eigenvalue weighted by molar-refractivity contribution is 7.89. The van der Waals surface area contributed by atoms with Gasteiger partial charge >= 0.3 is 0 Å². The molecule has 0 fully saturated rings. The van der Waals surface area contributed by atoms with Crippen molar-refractivity contribution < 1.29 is 8.42 Å². The monoisotopic (exact) mass is 388 g/mol. The van der Waals surface area contributed by atoms with Crippen LogP contribution < -0.4 is 4.83 Å². The topological polar surface area (TPSA) is 76.3 Å². The zero-order valence-electron chi connectivity index (χ0n) is 14.0. The van der Waals surface area contributed by atoms with E-state index >= 15 is 0 Å². The Balaban J connectivity index is 1.77. The predicted octanol–water partition coefficient (Wildman–Crippen LogP) is 3.21. The second-order valence-electron chi connectivity index (χ2n) is 5.60. The van der Waals surface area contributed by atoms with E-state index in [2.05, 4.69) is 15.0 Å². The van der Waals surface area contributed by atoms with Gasteiger partial charge in [0.05, 0.1) is 28.9 Å².